The lowest BCUT2D eigenvalue weighted by atomic mass is 10.3. The van der Waals surface area contributed by atoms with E-state index >= 15 is 0 Å². The number of hydrogen-bond acceptors (Lipinski definition) is 4. The molecular weight excluding hydrogens is 198 g/mol. The fourth-order valence-corrected chi connectivity index (χ4v) is 0.847. The first-order valence-electron chi connectivity index (χ1n) is 3.96. The summed E-state index contributed by atoms with van der Waals surface area (Å²) in [6.07, 6.45) is 1.70. The summed E-state index contributed by atoms with van der Waals surface area (Å²) in [5, 5.41) is 4.25. The van der Waals surface area contributed by atoms with Gasteiger partial charge in [-0.15, -0.1) is 0 Å². The van der Waals surface area contributed by atoms with Crippen LogP contribution in [0.5, 0.6) is 0 Å². The molecule has 1 aromatic heterocycles. The molecule has 0 spiro atoms. The standard InChI is InChI=1S/C8H11N5S/c1-6(12-13-8(14)11-9)7-4-2-3-5-10-7/h2-5H,9H2,1H3,(H2,11,13,14). The number of nitrogens with one attached hydrogen (secondary N) is 2. The van der Waals surface area contributed by atoms with Gasteiger partial charge in [0.05, 0.1) is 11.4 Å². The first kappa shape index (κ1) is 10.6. The molecule has 0 fully saturated rings. The van der Waals surface area contributed by atoms with Gasteiger partial charge >= 0.3 is 0 Å². The minimum absolute atomic E-state index is 0.264. The van der Waals surface area contributed by atoms with E-state index in [1.54, 1.807) is 6.20 Å². The Morgan fingerprint density at radius 1 is 1.57 bits per heavy atom. The molecule has 0 saturated heterocycles. The second-order valence-electron chi connectivity index (χ2n) is 2.50. The van der Waals surface area contributed by atoms with Crippen molar-refractivity contribution in [2.75, 3.05) is 0 Å². The Hall–Kier alpha value is -1.53. The van der Waals surface area contributed by atoms with Gasteiger partial charge < -0.3 is 0 Å². The molecule has 14 heavy (non-hydrogen) atoms. The number of hydrazone groups is 1. The van der Waals surface area contributed by atoms with Gasteiger partial charge in [-0.1, -0.05) is 6.07 Å². The van der Waals surface area contributed by atoms with Crippen molar-refractivity contribution in [3.63, 3.8) is 0 Å². The van der Waals surface area contributed by atoms with Crippen LogP contribution in [0.25, 0.3) is 0 Å². The molecule has 0 aliphatic heterocycles. The van der Waals surface area contributed by atoms with Crippen LogP contribution < -0.4 is 16.7 Å². The van der Waals surface area contributed by atoms with E-state index in [9.17, 15) is 0 Å². The highest BCUT2D eigenvalue weighted by molar-refractivity contribution is 7.80. The summed E-state index contributed by atoms with van der Waals surface area (Å²) in [6, 6.07) is 5.59. The largest absolute Gasteiger partial charge is 0.300 e. The number of nitrogens with two attached hydrogens (primary N) is 1. The van der Waals surface area contributed by atoms with Gasteiger partial charge in [0, 0.05) is 6.20 Å². The molecule has 1 heterocycles. The highest BCUT2D eigenvalue weighted by Gasteiger charge is 1.96. The third-order valence-electron chi connectivity index (χ3n) is 1.49. The molecule has 1 rings (SSSR count). The third kappa shape index (κ3) is 3.08. The van der Waals surface area contributed by atoms with Crippen LogP contribution in [0.3, 0.4) is 0 Å². The highest BCUT2D eigenvalue weighted by Crippen LogP contribution is 1.94. The molecule has 0 atom stereocenters. The fraction of sp³-hybridized carbons (Fsp3) is 0.125. The van der Waals surface area contributed by atoms with E-state index in [0.717, 1.165) is 11.4 Å². The number of rotatable bonds is 2. The fourth-order valence-electron chi connectivity index (χ4n) is 0.801. The van der Waals surface area contributed by atoms with Gasteiger partial charge in [0.2, 0.25) is 5.11 Å². The summed E-state index contributed by atoms with van der Waals surface area (Å²) in [6.45, 7) is 1.83. The van der Waals surface area contributed by atoms with Gasteiger partial charge in [-0.2, -0.15) is 5.10 Å². The SMILES string of the molecule is CC(=NNC(=S)NN)c1ccccn1. The van der Waals surface area contributed by atoms with Gasteiger partial charge in [0.25, 0.3) is 0 Å². The Bertz CT molecular complexity index is 335. The molecule has 0 aromatic carbocycles. The van der Waals surface area contributed by atoms with Crippen molar-refractivity contribution in [1.29, 1.82) is 0 Å². The van der Waals surface area contributed by atoms with Gasteiger partial charge in [0.15, 0.2) is 0 Å². The minimum atomic E-state index is 0.264. The van der Waals surface area contributed by atoms with Crippen molar-refractivity contribution in [2.45, 2.75) is 6.92 Å². The Morgan fingerprint density at radius 3 is 2.93 bits per heavy atom. The average molecular weight is 209 g/mol. The van der Waals surface area contributed by atoms with E-state index in [4.69, 9.17) is 18.1 Å². The van der Waals surface area contributed by atoms with E-state index in [1.165, 1.54) is 0 Å². The van der Waals surface area contributed by atoms with Crippen LogP contribution in [-0.4, -0.2) is 15.8 Å². The maximum absolute atomic E-state index is 5.06. The van der Waals surface area contributed by atoms with Crippen LogP contribution in [0.2, 0.25) is 0 Å². The van der Waals surface area contributed by atoms with Gasteiger partial charge in [-0.3, -0.25) is 15.8 Å². The number of nitrogens with zero attached hydrogens (tertiary/aromatic N) is 2. The van der Waals surface area contributed by atoms with E-state index in [-0.39, 0.29) is 5.11 Å². The Balaban J connectivity index is 2.66. The molecule has 4 N–H and O–H groups in total. The van der Waals surface area contributed by atoms with Crippen LogP contribution in [0.1, 0.15) is 12.6 Å². The molecule has 0 aliphatic rings. The van der Waals surface area contributed by atoms with Crippen molar-refractivity contribution >= 4 is 23.0 Å². The summed E-state index contributed by atoms with van der Waals surface area (Å²) in [5.41, 5.74) is 6.37. The summed E-state index contributed by atoms with van der Waals surface area (Å²) >= 11 is 4.75. The van der Waals surface area contributed by atoms with Crippen LogP contribution in [-0.2, 0) is 0 Å². The lowest BCUT2D eigenvalue weighted by Crippen LogP contribution is -2.37. The molecule has 0 radical (unpaired) electrons. The first-order chi connectivity index (χ1) is 6.74. The van der Waals surface area contributed by atoms with E-state index in [1.807, 2.05) is 25.1 Å². The van der Waals surface area contributed by atoms with Crippen molar-refractivity contribution < 1.29 is 0 Å². The molecule has 6 heteroatoms. The number of aromatic nitrogens is 1. The molecular formula is C8H11N5S. The minimum Gasteiger partial charge on any atom is -0.300 e. The maximum atomic E-state index is 5.06. The number of hydrogen-bond donors (Lipinski definition) is 3. The first-order valence-corrected chi connectivity index (χ1v) is 4.37. The van der Waals surface area contributed by atoms with Crippen molar-refractivity contribution in [3.05, 3.63) is 30.1 Å². The molecule has 0 bridgehead atoms. The summed E-state index contributed by atoms with van der Waals surface area (Å²) in [5.74, 6) is 5.06. The second-order valence-corrected chi connectivity index (χ2v) is 2.91. The topological polar surface area (TPSA) is 75.3 Å². The predicted octanol–water partition coefficient (Wildman–Crippen LogP) is 0.143. The van der Waals surface area contributed by atoms with Gasteiger partial charge in [-0.25, -0.2) is 5.84 Å². The Labute approximate surface area is 87.4 Å². The van der Waals surface area contributed by atoms with Crippen molar-refractivity contribution in [3.8, 4) is 0 Å². The summed E-state index contributed by atoms with van der Waals surface area (Å²) < 4.78 is 0. The van der Waals surface area contributed by atoms with E-state index < -0.39 is 0 Å². The number of hydrazine groups is 1. The van der Waals surface area contributed by atoms with Gasteiger partial charge in [-0.05, 0) is 31.3 Å². The molecule has 0 unspecified atom stereocenters. The molecule has 0 aliphatic carbocycles. The quantitative estimate of drug-likeness (QED) is 0.280. The molecule has 0 saturated carbocycles. The number of thiocarbonyl (C=S) groups is 1. The van der Waals surface area contributed by atoms with Crippen LogP contribution in [0.4, 0.5) is 0 Å². The molecule has 1 aromatic rings. The molecule has 0 amide bonds. The van der Waals surface area contributed by atoms with E-state index in [2.05, 4.69) is 20.9 Å². The zero-order valence-electron chi connectivity index (χ0n) is 7.69. The Morgan fingerprint density at radius 2 is 2.36 bits per heavy atom. The third-order valence-corrected chi connectivity index (χ3v) is 1.70. The summed E-state index contributed by atoms with van der Waals surface area (Å²) in [4.78, 5) is 4.12. The summed E-state index contributed by atoms with van der Waals surface area (Å²) in [7, 11) is 0. The lowest BCUT2D eigenvalue weighted by molar-refractivity contribution is 0.924. The monoisotopic (exact) mass is 209 g/mol. The van der Waals surface area contributed by atoms with Crippen LogP contribution in [0, 0.1) is 0 Å². The molecule has 74 valence electrons. The van der Waals surface area contributed by atoms with Gasteiger partial charge in [0.1, 0.15) is 0 Å². The smallest absolute Gasteiger partial charge is 0.201 e. The maximum Gasteiger partial charge on any atom is 0.201 e. The lowest BCUT2D eigenvalue weighted by Gasteiger charge is -2.02. The zero-order chi connectivity index (χ0) is 10.4. The second kappa shape index (κ2) is 5.25. The zero-order valence-corrected chi connectivity index (χ0v) is 8.51. The van der Waals surface area contributed by atoms with Crippen LogP contribution in [0.15, 0.2) is 29.5 Å². The van der Waals surface area contributed by atoms with Crippen LogP contribution >= 0.6 is 12.2 Å². The van der Waals surface area contributed by atoms with E-state index in [0.29, 0.717) is 0 Å². The predicted molar refractivity (Wildman–Crippen MR) is 59.5 cm³/mol. The molecule has 5 nitrogen and oxygen atoms in total. The normalized spacial score (nSPS) is 10.9. The Kier molecular flexibility index (Phi) is 3.96. The average Bonchev–Trinajstić information content (AvgIpc) is 2.26. The van der Waals surface area contributed by atoms with Crippen molar-refractivity contribution in [2.24, 2.45) is 10.9 Å². The number of pyridine rings is 1. The van der Waals surface area contributed by atoms with Crippen molar-refractivity contribution in [1.82, 2.24) is 15.8 Å². The highest BCUT2D eigenvalue weighted by atomic mass is 32.1.